The van der Waals surface area contributed by atoms with Crippen LogP contribution in [-0.4, -0.2) is 5.11 Å². The number of rotatable bonds is 3. The maximum absolute atomic E-state index is 9.51. The number of phenolic OH excluding ortho intramolecular Hbond substituents is 1. The van der Waals surface area contributed by atoms with Crippen molar-refractivity contribution >= 4 is 15.9 Å². The van der Waals surface area contributed by atoms with E-state index in [1.165, 1.54) is 0 Å². The van der Waals surface area contributed by atoms with Gasteiger partial charge >= 0.3 is 0 Å². The molecule has 2 nitrogen and oxygen atoms in total. The lowest BCUT2D eigenvalue weighted by Crippen LogP contribution is -1.97. The van der Waals surface area contributed by atoms with Gasteiger partial charge in [0.2, 0.25) is 0 Å². The molecule has 2 aromatic rings. The Kier molecular flexibility index (Phi) is 3.69. The molecule has 0 aromatic heterocycles. The zero-order valence-electron chi connectivity index (χ0n) is 9.48. The summed E-state index contributed by atoms with van der Waals surface area (Å²) in [7, 11) is 0. The molecular weight excluding hydrogens is 280 g/mol. The number of aromatic hydroxyl groups is 1. The van der Waals surface area contributed by atoms with Gasteiger partial charge < -0.3 is 9.84 Å². The highest BCUT2D eigenvalue weighted by Crippen LogP contribution is 2.33. The van der Waals surface area contributed by atoms with E-state index in [-0.39, 0.29) is 5.75 Å². The monoisotopic (exact) mass is 292 g/mol. The molecule has 0 aliphatic carbocycles. The first-order valence-corrected chi connectivity index (χ1v) is 6.12. The van der Waals surface area contributed by atoms with Crippen LogP contribution in [0.2, 0.25) is 0 Å². The SMILES string of the molecule is Cc1c(OCc2ccccc2)ccc(O)c1Br. The normalized spacial score (nSPS) is 10.2. The summed E-state index contributed by atoms with van der Waals surface area (Å²) < 4.78 is 6.40. The van der Waals surface area contributed by atoms with E-state index in [0.29, 0.717) is 11.1 Å². The number of hydrogen-bond donors (Lipinski definition) is 1. The van der Waals surface area contributed by atoms with E-state index < -0.39 is 0 Å². The topological polar surface area (TPSA) is 29.5 Å². The largest absolute Gasteiger partial charge is 0.507 e. The third-order valence-electron chi connectivity index (χ3n) is 2.55. The van der Waals surface area contributed by atoms with E-state index in [1.807, 2.05) is 37.3 Å². The van der Waals surface area contributed by atoms with Gasteiger partial charge in [-0.1, -0.05) is 30.3 Å². The Morgan fingerprint density at radius 1 is 1.12 bits per heavy atom. The second-order valence-corrected chi connectivity index (χ2v) is 4.59. The Balaban J connectivity index is 2.13. The Morgan fingerprint density at radius 3 is 2.53 bits per heavy atom. The summed E-state index contributed by atoms with van der Waals surface area (Å²) in [5, 5.41) is 9.51. The highest BCUT2D eigenvalue weighted by Gasteiger charge is 2.07. The van der Waals surface area contributed by atoms with Crippen molar-refractivity contribution in [2.24, 2.45) is 0 Å². The van der Waals surface area contributed by atoms with E-state index in [2.05, 4.69) is 15.9 Å². The Hall–Kier alpha value is -1.48. The van der Waals surface area contributed by atoms with Crippen LogP contribution >= 0.6 is 15.9 Å². The Labute approximate surface area is 109 Å². The minimum atomic E-state index is 0.231. The first-order chi connectivity index (χ1) is 8.18. The van der Waals surface area contributed by atoms with Crippen molar-refractivity contribution in [1.29, 1.82) is 0 Å². The standard InChI is InChI=1S/C14H13BrO2/c1-10-13(8-7-12(16)14(10)15)17-9-11-5-3-2-4-6-11/h2-8,16H,9H2,1H3. The van der Waals surface area contributed by atoms with Crippen LogP contribution in [0.5, 0.6) is 11.5 Å². The van der Waals surface area contributed by atoms with Gasteiger partial charge in [0.1, 0.15) is 18.1 Å². The van der Waals surface area contributed by atoms with Crippen LogP contribution in [-0.2, 0) is 6.61 Å². The summed E-state index contributed by atoms with van der Waals surface area (Å²) in [4.78, 5) is 0. The van der Waals surface area contributed by atoms with Crippen LogP contribution in [0.4, 0.5) is 0 Å². The maximum Gasteiger partial charge on any atom is 0.130 e. The Morgan fingerprint density at radius 2 is 1.82 bits per heavy atom. The molecule has 0 bridgehead atoms. The first kappa shape index (κ1) is 12.0. The molecule has 0 fully saturated rings. The molecule has 0 spiro atoms. The minimum absolute atomic E-state index is 0.231. The zero-order valence-corrected chi connectivity index (χ0v) is 11.1. The van der Waals surface area contributed by atoms with Crippen LogP contribution < -0.4 is 4.74 Å². The molecule has 17 heavy (non-hydrogen) atoms. The molecule has 0 aliphatic heterocycles. The molecule has 0 amide bonds. The van der Waals surface area contributed by atoms with E-state index in [9.17, 15) is 5.11 Å². The molecular formula is C14H13BrO2. The lowest BCUT2D eigenvalue weighted by atomic mass is 10.2. The van der Waals surface area contributed by atoms with E-state index in [1.54, 1.807) is 12.1 Å². The summed E-state index contributed by atoms with van der Waals surface area (Å²) in [5.74, 6) is 1.01. The Bertz CT molecular complexity index is 509. The van der Waals surface area contributed by atoms with Crippen LogP contribution in [0.3, 0.4) is 0 Å². The van der Waals surface area contributed by atoms with Gasteiger partial charge in [-0.15, -0.1) is 0 Å². The van der Waals surface area contributed by atoms with Crippen LogP contribution in [0.15, 0.2) is 46.9 Å². The number of phenols is 1. The first-order valence-electron chi connectivity index (χ1n) is 5.33. The molecule has 3 heteroatoms. The van der Waals surface area contributed by atoms with Crippen molar-refractivity contribution in [3.8, 4) is 11.5 Å². The van der Waals surface area contributed by atoms with Crippen molar-refractivity contribution in [3.63, 3.8) is 0 Å². The summed E-state index contributed by atoms with van der Waals surface area (Å²) in [5.41, 5.74) is 2.03. The molecule has 0 saturated heterocycles. The summed E-state index contributed by atoms with van der Waals surface area (Å²) in [6.45, 7) is 2.43. The molecule has 88 valence electrons. The highest BCUT2D eigenvalue weighted by atomic mass is 79.9. The molecule has 2 rings (SSSR count). The number of halogens is 1. The lowest BCUT2D eigenvalue weighted by molar-refractivity contribution is 0.303. The average molecular weight is 293 g/mol. The molecule has 0 radical (unpaired) electrons. The fourth-order valence-corrected chi connectivity index (χ4v) is 1.87. The van der Waals surface area contributed by atoms with Gasteiger partial charge in [-0.25, -0.2) is 0 Å². The smallest absolute Gasteiger partial charge is 0.130 e. The van der Waals surface area contributed by atoms with Gasteiger partial charge in [0, 0.05) is 5.56 Å². The van der Waals surface area contributed by atoms with Gasteiger partial charge in [0.15, 0.2) is 0 Å². The molecule has 0 atom stereocenters. The van der Waals surface area contributed by atoms with Gasteiger partial charge in [0.25, 0.3) is 0 Å². The summed E-state index contributed by atoms with van der Waals surface area (Å²) in [6.07, 6.45) is 0. The zero-order chi connectivity index (χ0) is 12.3. The number of ether oxygens (including phenoxy) is 1. The molecule has 0 aliphatic rings. The molecule has 2 aromatic carbocycles. The van der Waals surface area contributed by atoms with Gasteiger partial charge in [0.05, 0.1) is 4.47 Å². The van der Waals surface area contributed by atoms with Gasteiger partial charge in [-0.3, -0.25) is 0 Å². The number of hydrogen-bond acceptors (Lipinski definition) is 2. The predicted molar refractivity (Wildman–Crippen MR) is 71.3 cm³/mol. The van der Waals surface area contributed by atoms with Gasteiger partial charge in [-0.2, -0.15) is 0 Å². The van der Waals surface area contributed by atoms with E-state index >= 15 is 0 Å². The average Bonchev–Trinajstić information content (AvgIpc) is 2.36. The summed E-state index contributed by atoms with van der Waals surface area (Å²) >= 11 is 3.33. The fraction of sp³-hybridized carbons (Fsp3) is 0.143. The van der Waals surface area contributed by atoms with Crippen LogP contribution in [0.1, 0.15) is 11.1 Å². The van der Waals surface area contributed by atoms with E-state index in [0.717, 1.165) is 16.9 Å². The van der Waals surface area contributed by atoms with Crippen LogP contribution in [0.25, 0.3) is 0 Å². The second kappa shape index (κ2) is 5.23. The summed E-state index contributed by atoms with van der Waals surface area (Å²) in [6, 6.07) is 13.4. The molecule has 0 unspecified atom stereocenters. The fourth-order valence-electron chi connectivity index (χ4n) is 1.54. The van der Waals surface area contributed by atoms with Crippen LogP contribution in [0, 0.1) is 6.92 Å². The number of benzene rings is 2. The highest BCUT2D eigenvalue weighted by molar-refractivity contribution is 9.10. The van der Waals surface area contributed by atoms with Crippen molar-refractivity contribution < 1.29 is 9.84 Å². The lowest BCUT2D eigenvalue weighted by Gasteiger charge is -2.11. The maximum atomic E-state index is 9.51. The molecule has 0 heterocycles. The third kappa shape index (κ3) is 2.80. The second-order valence-electron chi connectivity index (χ2n) is 3.80. The third-order valence-corrected chi connectivity index (χ3v) is 3.55. The van der Waals surface area contributed by atoms with Crippen molar-refractivity contribution in [2.45, 2.75) is 13.5 Å². The predicted octanol–water partition coefficient (Wildman–Crippen LogP) is 4.04. The van der Waals surface area contributed by atoms with Crippen molar-refractivity contribution in [1.82, 2.24) is 0 Å². The molecule has 1 N–H and O–H groups in total. The van der Waals surface area contributed by atoms with E-state index in [4.69, 9.17) is 4.74 Å². The quantitative estimate of drug-likeness (QED) is 0.925. The van der Waals surface area contributed by atoms with Crippen molar-refractivity contribution in [2.75, 3.05) is 0 Å². The van der Waals surface area contributed by atoms with Gasteiger partial charge in [-0.05, 0) is 40.5 Å². The van der Waals surface area contributed by atoms with Crippen molar-refractivity contribution in [3.05, 3.63) is 58.1 Å². The minimum Gasteiger partial charge on any atom is -0.507 e. The molecule has 0 saturated carbocycles.